The fourth-order valence-corrected chi connectivity index (χ4v) is 3.66. The number of aromatic carboxylic acids is 1. The number of unbranched alkanes of at least 4 members (excludes halogenated alkanes) is 2. The van der Waals surface area contributed by atoms with Gasteiger partial charge in [0.1, 0.15) is 5.75 Å². The van der Waals surface area contributed by atoms with Crippen molar-refractivity contribution in [2.45, 2.75) is 46.1 Å². The van der Waals surface area contributed by atoms with Gasteiger partial charge in [-0.25, -0.2) is 4.79 Å². The van der Waals surface area contributed by atoms with Gasteiger partial charge in [-0.1, -0.05) is 75.2 Å². The number of hydrogen-bond donors (Lipinski definition) is 2. The van der Waals surface area contributed by atoms with Crippen LogP contribution in [0.5, 0.6) is 11.5 Å². The molecule has 0 aliphatic heterocycles. The van der Waals surface area contributed by atoms with Gasteiger partial charge in [-0.05, 0) is 42.7 Å². The summed E-state index contributed by atoms with van der Waals surface area (Å²) in [6.07, 6.45) is 4.18. The number of benzene rings is 3. The third-order valence-corrected chi connectivity index (χ3v) is 5.51. The van der Waals surface area contributed by atoms with E-state index in [1.807, 2.05) is 60.7 Å². The highest BCUT2D eigenvalue weighted by Gasteiger charge is 2.21. The quantitative estimate of drug-likeness (QED) is 0.291. The Morgan fingerprint density at radius 3 is 2.09 bits per heavy atom. The third kappa shape index (κ3) is 7.01. The van der Waals surface area contributed by atoms with Crippen molar-refractivity contribution >= 4 is 17.3 Å². The number of ether oxygens (including phenoxy) is 1. The van der Waals surface area contributed by atoms with Crippen molar-refractivity contribution in [2.24, 2.45) is 0 Å². The SMILES string of the molecule is CCCCN(CCCC)c1cc(C(=O)O)cc(NCc2ccccc2)c1Oc1ccccc1. The van der Waals surface area contributed by atoms with Crippen molar-refractivity contribution in [1.82, 2.24) is 0 Å². The van der Waals surface area contributed by atoms with Gasteiger partial charge in [0.2, 0.25) is 0 Å². The second-order valence-corrected chi connectivity index (χ2v) is 8.13. The van der Waals surface area contributed by atoms with Crippen molar-refractivity contribution in [3.63, 3.8) is 0 Å². The maximum absolute atomic E-state index is 12.0. The number of para-hydroxylation sites is 1. The van der Waals surface area contributed by atoms with Crippen LogP contribution >= 0.6 is 0 Å². The van der Waals surface area contributed by atoms with E-state index >= 15 is 0 Å². The Hall–Kier alpha value is -3.47. The molecule has 3 aromatic rings. The van der Waals surface area contributed by atoms with Crippen LogP contribution in [0.1, 0.15) is 55.5 Å². The third-order valence-electron chi connectivity index (χ3n) is 5.51. The van der Waals surface area contributed by atoms with Crippen molar-refractivity contribution < 1.29 is 14.6 Å². The largest absolute Gasteiger partial charge is 0.478 e. The maximum Gasteiger partial charge on any atom is 0.335 e. The van der Waals surface area contributed by atoms with Crippen LogP contribution in [0.15, 0.2) is 72.8 Å². The molecule has 0 heterocycles. The van der Waals surface area contributed by atoms with Crippen LogP contribution in [0.25, 0.3) is 0 Å². The van der Waals surface area contributed by atoms with Crippen LogP contribution in [0.4, 0.5) is 11.4 Å². The van der Waals surface area contributed by atoms with E-state index in [0.717, 1.165) is 55.8 Å². The first-order chi connectivity index (χ1) is 16.1. The predicted molar refractivity (Wildman–Crippen MR) is 136 cm³/mol. The molecule has 0 aromatic heterocycles. The van der Waals surface area contributed by atoms with Crippen molar-refractivity contribution in [1.29, 1.82) is 0 Å². The van der Waals surface area contributed by atoms with Gasteiger partial charge in [0.05, 0.1) is 16.9 Å². The molecule has 2 N–H and O–H groups in total. The molecule has 0 amide bonds. The first-order valence-electron chi connectivity index (χ1n) is 11.8. The van der Waals surface area contributed by atoms with Gasteiger partial charge in [-0.2, -0.15) is 0 Å². The van der Waals surface area contributed by atoms with Crippen molar-refractivity contribution in [3.8, 4) is 11.5 Å². The Morgan fingerprint density at radius 1 is 0.909 bits per heavy atom. The van der Waals surface area contributed by atoms with Gasteiger partial charge < -0.3 is 20.1 Å². The highest BCUT2D eigenvalue weighted by atomic mass is 16.5. The van der Waals surface area contributed by atoms with Crippen molar-refractivity contribution in [2.75, 3.05) is 23.3 Å². The van der Waals surface area contributed by atoms with Gasteiger partial charge >= 0.3 is 5.97 Å². The van der Waals surface area contributed by atoms with Gasteiger partial charge in [0.15, 0.2) is 5.75 Å². The molecule has 0 aliphatic carbocycles. The van der Waals surface area contributed by atoms with E-state index in [9.17, 15) is 9.90 Å². The molecule has 0 atom stereocenters. The number of nitrogens with one attached hydrogen (secondary N) is 1. The summed E-state index contributed by atoms with van der Waals surface area (Å²) in [6.45, 7) is 6.60. The molecule has 0 saturated carbocycles. The van der Waals surface area contributed by atoms with E-state index in [0.29, 0.717) is 18.0 Å². The Labute approximate surface area is 197 Å². The topological polar surface area (TPSA) is 61.8 Å². The molecule has 0 aliphatic rings. The molecular formula is C28H34N2O3. The van der Waals surface area contributed by atoms with Crippen LogP contribution in [-0.2, 0) is 6.54 Å². The average molecular weight is 447 g/mol. The smallest absolute Gasteiger partial charge is 0.335 e. The molecule has 3 rings (SSSR count). The van der Waals surface area contributed by atoms with E-state index < -0.39 is 5.97 Å². The second kappa shape index (κ2) is 12.5. The van der Waals surface area contributed by atoms with Crippen LogP contribution in [0.3, 0.4) is 0 Å². The Morgan fingerprint density at radius 2 is 1.52 bits per heavy atom. The lowest BCUT2D eigenvalue weighted by molar-refractivity contribution is 0.0697. The summed E-state index contributed by atoms with van der Waals surface area (Å²) in [5.41, 5.74) is 2.85. The molecule has 0 fully saturated rings. The monoisotopic (exact) mass is 446 g/mol. The summed E-state index contributed by atoms with van der Waals surface area (Å²) in [7, 11) is 0. The first kappa shape index (κ1) is 24.2. The molecule has 0 spiro atoms. The highest BCUT2D eigenvalue weighted by molar-refractivity contribution is 5.92. The summed E-state index contributed by atoms with van der Waals surface area (Å²) in [6, 6.07) is 23.1. The van der Waals surface area contributed by atoms with Gasteiger partial charge in [-0.15, -0.1) is 0 Å². The Kier molecular flexibility index (Phi) is 9.19. The summed E-state index contributed by atoms with van der Waals surface area (Å²) in [5.74, 6) is 0.432. The number of carbonyl (C=O) groups is 1. The molecule has 0 unspecified atom stereocenters. The van der Waals surface area contributed by atoms with Gasteiger partial charge in [-0.3, -0.25) is 0 Å². The molecule has 5 heteroatoms. The number of anilines is 2. The predicted octanol–water partition coefficient (Wildman–Crippen LogP) is 7.20. The van der Waals surface area contributed by atoms with E-state index in [-0.39, 0.29) is 5.56 Å². The minimum atomic E-state index is -0.948. The zero-order valence-corrected chi connectivity index (χ0v) is 19.6. The van der Waals surface area contributed by atoms with Gasteiger partial charge in [0.25, 0.3) is 0 Å². The number of carboxylic acids is 1. The standard InChI is InChI=1S/C28H34N2O3/c1-3-5-17-30(18-6-4-2)26-20-23(28(31)32)19-25(29-21-22-13-9-7-10-14-22)27(26)33-24-15-11-8-12-16-24/h7-16,19-20,29H,3-6,17-18,21H2,1-2H3,(H,31,32). The van der Waals surface area contributed by atoms with Crippen LogP contribution < -0.4 is 15.0 Å². The van der Waals surface area contributed by atoms with Gasteiger partial charge in [0, 0.05) is 19.6 Å². The lowest BCUT2D eigenvalue weighted by Crippen LogP contribution is -2.26. The summed E-state index contributed by atoms with van der Waals surface area (Å²) < 4.78 is 6.41. The van der Waals surface area contributed by atoms with E-state index in [1.54, 1.807) is 12.1 Å². The maximum atomic E-state index is 12.0. The molecular weight excluding hydrogens is 412 g/mol. The zero-order chi connectivity index (χ0) is 23.5. The zero-order valence-electron chi connectivity index (χ0n) is 19.6. The molecule has 0 bridgehead atoms. The number of nitrogens with zero attached hydrogens (tertiary/aromatic N) is 1. The molecule has 0 radical (unpaired) electrons. The van der Waals surface area contributed by atoms with Crippen LogP contribution in [-0.4, -0.2) is 24.2 Å². The lowest BCUT2D eigenvalue weighted by Gasteiger charge is -2.29. The number of carboxylic acid groups (broad SMARTS) is 1. The molecule has 5 nitrogen and oxygen atoms in total. The van der Waals surface area contributed by atoms with Crippen LogP contribution in [0, 0.1) is 0 Å². The van der Waals surface area contributed by atoms with Crippen LogP contribution in [0.2, 0.25) is 0 Å². The fraction of sp³-hybridized carbons (Fsp3) is 0.321. The Balaban J connectivity index is 2.07. The molecule has 3 aromatic carbocycles. The number of rotatable bonds is 13. The minimum Gasteiger partial charge on any atom is -0.478 e. The summed E-state index contributed by atoms with van der Waals surface area (Å²) in [5, 5.41) is 13.3. The van der Waals surface area contributed by atoms with E-state index in [4.69, 9.17) is 4.74 Å². The van der Waals surface area contributed by atoms with E-state index in [1.165, 1.54) is 0 Å². The highest BCUT2D eigenvalue weighted by Crippen LogP contribution is 2.41. The molecule has 174 valence electrons. The van der Waals surface area contributed by atoms with E-state index in [2.05, 4.69) is 24.1 Å². The molecule has 33 heavy (non-hydrogen) atoms. The van der Waals surface area contributed by atoms with Crippen molar-refractivity contribution in [3.05, 3.63) is 83.9 Å². The Bertz CT molecular complexity index is 998. The summed E-state index contributed by atoms with van der Waals surface area (Å²) in [4.78, 5) is 14.3. The minimum absolute atomic E-state index is 0.249. The fourth-order valence-electron chi connectivity index (χ4n) is 3.66. The number of hydrogen-bond acceptors (Lipinski definition) is 4. The average Bonchev–Trinajstić information content (AvgIpc) is 2.84. The second-order valence-electron chi connectivity index (χ2n) is 8.13. The first-order valence-corrected chi connectivity index (χ1v) is 11.8. The molecule has 0 saturated heterocycles. The normalized spacial score (nSPS) is 10.6. The lowest BCUT2D eigenvalue weighted by atomic mass is 10.1. The summed E-state index contributed by atoms with van der Waals surface area (Å²) >= 11 is 0.